The van der Waals surface area contributed by atoms with Gasteiger partial charge in [-0.05, 0) is 79.9 Å². The molecule has 2 heteroatoms. The Kier molecular flexibility index (Phi) is 8.19. The molecule has 0 fully saturated rings. The van der Waals surface area contributed by atoms with E-state index >= 15 is 0 Å². The van der Waals surface area contributed by atoms with Gasteiger partial charge in [-0.15, -0.1) is 0 Å². The zero-order valence-corrected chi connectivity index (χ0v) is 31.7. The highest BCUT2D eigenvalue weighted by Gasteiger charge is 2.18. The molecule has 1 aromatic heterocycles. The van der Waals surface area contributed by atoms with E-state index in [0.29, 0.717) is 0 Å². The van der Waals surface area contributed by atoms with Crippen LogP contribution in [0, 0.1) is 0 Å². The Morgan fingerprint density at radius 3 is 1.29 bits per heavy atom. The largest absolute Gasteiger partial charge is 0.455 e. The van der Waals surface area contributed by atoms with Crippen LogP contribution in [0.4, 0.5) is 17.1 Å². The second-order valence-electron chi connectivity index (χ2n) is 14.9. The van der Waals surface area contributed by atoms with Crippen molar-refractivity contribution in [1.29, 1.82) is 0 Å². The van der Waals surface area contributed by atoms with Crippen molar-refractivity contribution >= 4 is 60.5 Å². The molecule has 10 aromatic carbocycles. The Labute approximate surface area is 337 Å². The van der Waals surface area contributed by atoms with Crippen LogP contribution in [0.1, 0.15) is 0 Å². The van der Waals surface area contributed by atoms with Crippen LogP contribution in [0.3, 0.4) is 0 Å². The van der Waals surface area contributed by atoms with E-state index in [1.54, 1.807) is 0 Å². The predicted molar refractivity (Wildman–Crippen MR) is 245 cm³/mol. The van der Waals surface area contributed by atoms with Crippen LogP contribution < -0.4 is 4.90 Å². The Bertz CT molecular complexity index is 3240. The molecule has 0 aliphatic carbocycles. The van der Waals surface area contributed by atoms with Crippen LogP contribution in [-0.4, -0.2) is 0 Å². The Morgan fingerprint density at radius 2 is 0.655 bits per heavy atom. The fraction of sp³-hybridized carbons (Fsp3) is 0. The van der Waals surface area contributed by atoms with Gasteiger partial charge in [0.1, 0.15) is 11.2 Å². The first-order valence-electron chi connectivity index (χ1n) is 19.8. The summed E-state index contributed by atoms with van der Waals surface area (Å²) >= 11 is 0. The van der Waals surface area contributed by atoms with Crippen molar-refractivity contribution < 1.29 is 4.42 Å². The van der Waals surface area contributed by atoms with E-state index in [-0.39, 0.29) is 0 Å². The molecule has 0 bridgehead atoms. The first kappa shape index (κ1) is 33.6. The molecule has 272 valence electrons. The summed E-state index contributed by atoms with van der Waals surface area (Å²) in [7, 11) is 0. The second-order valence-corrected chi connectivity index (χ2v) is 14.9. The van der Waals surface area contributed by atoms with Crippen molar-refractivity contribution in [2.45, 2.75) is 0 Å². The van der Waals surface area contributed by atoms with Gasteiger partial charge in [-0.1, -0.05) is 194 Å². The molecule has 0 aliphatic heterocycles. The standard InChI is InChI=1S/C56H37NO/c1-2-12-42(13-3-1)50-21-10-23-52-53-24-11-22-51(56(53)58-55(50)52)44-28-26-38(27-29-44)39-30-34-45(35-31-39)57(54-25-9-17-41-15-5-7-19-49(41)54)46-36-32-43(33-37-46)48-20-8-16-40-14-4-6-18-47(40)48/h1-37H. The van der Waals surface area contributed by atoms with Gasteiger partial charge < -0.3 is 9.32 Å². The van der Waals surface area contributed by atoms with Crippen LogP contribution in [0.5, 0.6) is 0 Å². The third-order valence-electron chi connectivity index (χ3n) is 11.5. The second kappa shape index (κ2) is 14.1. The number of anilines is 3. The number of hydrogen-bond donors (Lipinski definition) is 0. The minimum absolute atomic E-state index is 0.914. The summed E-state index contributed by atoms with van der Waals surface area (Å²) in [5, 5.41) is 7.19. The molecule has 2 nitrogen and oxygen atoms in total. The Morgan fingerprint density at radius 1 is 0.259 bits per heavy atom. The molecule has 0 amide bonds. The monoisotopic (exact) mass is 739 g/mol. The van der Waals surface area contributed by atoms with Crippen LogP contribution >= 0.6 is 0 Å². The van der Waals surface area contributed by atoms with E-state index in [1.165, 1.54) is 32.7 Å². The van der Waals surface area contributed by atoms with Crippen molar-refractivity contribution in [2.75, 3.05) is 4.90 Å². The number of rotatable bonds is 7. The molecule has 11 rings (SSSR count). The summed E-state index contributed by atoms with van der Waals surface area (Å²) in [5.74, 6) is 0. The molecule has 0 spiro atoms. The lowest BCUT2D eigenvalue weighted by molar-refractivity contribution is 0.671. The molecule has 0 atom stereocenters. The van der Waals surface area contributed by atoms with E-state index in [9.17, 15) is 0 Å². The Hall–Kier alpha value is -7.68. The lowest BCUT2D eigenvalue weighted by Crippen LogP contribution is -2.10. The normalized spacial score (nSPS) is 11.4. The van der Waals surface area contributed by atoms with Crippen LogP contribution in [0.15, 0.2) is 229 Å². The maximum atomic E-state index is 6.72. The van der Waals surface area contributed by atoms with Gasteiger partial charge in [0.05, 0.1) is 5.69 Å². The minimum Gasteiger partial charge on any atom is -0.455 e. The van der Waals surface area contributed by atoms with Gasteiger partial charge in [0.2, 0.25) is 0 Å². The van der Waals surface area contributed by atoms with Crippen molar-refractivity contribution in [2.24, 2.45) is 0 Å². The molecule has 11 aromatic rings. The van der Waals surface area contributed by atoms with Crippen molar-refractivity contribution in [3.8, 4) is 44.5 Å². The number of benzene rings is 10. The van der Waals surface area contributed by atoms with Gasteiger partial charge in [0, 0.05) is 38.7 Å². The summed E-state index contributed by atoms with van der Waals surface area (Å²) in [6, 6.07) is 80.5. The fourth-order valence-electron chi connectivity index (χ4n) is 8.64. The average molecular weight is 740 g/mol. The highest BCUT2D eigenvalue weighted by molar-refractivity contribution is 6.13. The fourth-order valence-corrected chi connectivity index (χ4v) is 8.64. The molecule has 0 saturated heterocycles. The quantitative estimate of drug-likeness (QED) is 0.162. The highest BCUT2D eigenvalue weighted by atomic mass is 16.3. The number of nitrogens with zero attached hydrogens (tertiary/aromatic N) is 1. The zero-order chi connectivity index (χ0) is 38.4. The maximum absolute atomic E-state index is 6.72. The molecule has 0 saturated carbocycles. The van der Waals surface area contributed by atoms with E-state index in [0.717, 1.165) is 72.4 Å². The molecule has 0 radical (unpaired) electrons. The van der Waals surface area contributed by atoms with Gasteiger partial charge in [-0.2, -0.15) is 0 Å². The molecule has 0 unspecified atom stereocenters. The molecule has 0 N–H and O–H groups in total. The maximum Gasteiger partial charge on any atom is 0.143 e. The van der Waals surface area contributed by atoms with E-state index in [1.807, 2.05) is 6.07 Å². The van der Waals surface area contributed by atoms with E-state index < -0.39 is 0 Å². The number of furan rings is 1. The molecule has 1 heterocycles. The topological polar surface area (TPSA) is 16.4 Å². The lowest BCUT2D eigenvalue weighted by Gasteiger charge is -2.27. The number of hydrogen-bond acceptors (Lipinski definition) is 2. The first-order valence-corrected chi connectivity index (χ1v) is 19.8. The SMILES string of the molecule is c1ccc(-c2cccc3c2oc2c(-c4ccc(-c5ccc(N(c6ccc(-c7cccc8ccccc78)cc6)c6cccc7ccccc67)cc5)cc4)cccc23)cc1. The smallest absolute Gasteiger partial charge is 0.143 e. The van der Waals surface area contributed by atoms with E-state index in [4.69, 9.17) is 4.42 Å². The van der Waals surface area contributed by atoms with Crippen LogP contribution in [0.25, 0.3) is 88.0 Å². The minimum atomic E-state index is 0.914. The van der Waals surface area contributed by atoms with Gasteiger partial charge in [0.25, 0.3) is 0 Å². The summed E-state index contributed by atoms with van der Waals surface area (Å²) in [4.78, 5) is 2.37. The predicted octanol–water partition coefficient (Wildman–Crippen LogP) is 16.0. The summed E-state index contributed by atoms with van der Waals surface area (Å²) in [5.41, 5.74) is 14.4. The summed E-state index contributed by atoms with van der Waals surface area (Å²) < 4.78 is 6.72. The number of fused-ring (bicyclic) bond motifs is 5. The summed E-state index contributed by atoms with van der Waals surface area (Å²) in [6.45, 7) is 0. The molecular weight excluding hydrogens is 703 g/mol. The average Bonchev–Trinajstić information content (AvgIpc) is 3.69. The summed E-state index contributed by atoms with van der Waals surface area (Å²) in [6.07, 6.45) is 0. The lowest BCUT2D eigenvalue weighted by atomic mass is 9.97. The number of para-hydroxylation sites is 2. The third kappa shape index (κ3) is 5.82. The van der Waals surface area contributed by atoms with Crippen molar-refractivity contribution in [3.05, 3.63) is 224 Å². The molecule has 0 aliphatic rings. The van der Waals surface area contributed by atoms with Crippen LogP contribution in [0.2, 0.25) is 0 Å². The van der Waals surface area contributed by atoms with Gasteiger partial charge in [0.15, 0.2) is 0 Å². The first-order chi connectivity index (χ1) is 28.8. The third-order valence-corrected chi connectivity index (χ3v) is 11.5. The van der Waals surface area contributed by atoms with Gasteiger partial charge in [-0.25, -0.2) is 0 Å². The Balaban J connectivity index is 0.941. The zero-order valence-electron chi connectivity index (χ0n) is 31.7. The molecule has 58 heavy (non-hydrogen) atoms. The van der Waals surface area contributed by atoms with Gasteiger partial charge >= 0.3 is 0 Å². The van der Waals surface area contributed by atoms with Crippen molar-refractivity contribution in [1.82, 2.24) is 0 Å². The van der Waals surface area contributed by atoms with E-state index in [2.05, 4.69) is 223 Å². The highest BCUT2D eigenvalue weighted by Crippen LogP contribution is 2.42. The van der Waals surface area contributed by atoms with Gasteiger partial charge in [-0.3, -0.25) is 0 Å². The van der Waals surface area contributed by atoms with Crippen LogP contribution in [-0.2, 0) is 0 Å². The molecular formula is C56H37NO. The van der Waals surface area contributed by atoms with Crippen molar-refractivity contribution in [3.63, 3.8) is 0 Å².